The number of para-hydroxylation sites is 1. The Kier molecular flexibility index (Phi) is 3.24. The first-order chi connectivity index (χ1) is 8.22. The van der Waals surface area contributed by atoms with Gasteiger partial charge in [0.15, 0.2) is 5.58 Å². The van der Waals surface area contributed by atoms with Crippen molar-refractivity contribution in [2.75, 3.05) is 18.5 Å². The van der Waals surface area contributed by atoms with Gasteiger partial charge in [0.25, 0.3) is 6.01 Å². The van der Waals surface area contributed by atoms with E-state index in [9.17, 15) is 4.79 Å². The van der Waals surface area contributed by atoms with Gasteiger partial charge in [-0.2, -0.15) is 4.98 Å². The van der Waals surface area contributed by atoms with Crippen LogP contribution in [0, 0.1) is 0 Å². The van der Waals surface area contributed by atoms with Gasteiger partial charge in [0.05, 0.1) is 5.56 Å². The summed E-state index contributed by atoms with van der Waals surface area (Å²) in [6, 6.07) is 5.01. The van der Waals surface area contributed by atoms with Gasteiger partial charge < -0.3 is 19.9 Å². The zero-order valence-electron chi connectivity index (χ0n) is 9.01. The van der Waals surface area contributed by atoms with E-state index in [0.717, 1.165) is 0 Å². The molecule has 1 aromatic carbocycles. The van der Waals surface area contributed by atoms with Crippen LogP contribution < -0.4 is 5.32 Å². The van der Waals surface area contributed by atoms with Crippen molar-refractivity contribution < 1.29 is 19.4 Å². The summed E-state index contributed by atoms with van der Waals surface area (Å²) in [5.41, 5.74) is 0.865. The van der Waals surface area contributed by atoms with Crippen LogP contribution in [0.25, 0.3) is 11.1 Å². The number of aliphatic hydroxyl groups excluding tert-OH is 1. The lowest BCUT2D eigenvalue weighted by Gasteiger charge is -1.97. The average molecular weight is 236 g/mol. The number of nitrogens with one attached hydrogen (secondary N) is 1. The van der Waals surface area contributed by atoms with E-state index in [4.69, 9.17) is 14.6 Å². The second-order valence-corrected chi connectivity index (χ2v) is 3.48. The SMILES string of the molecule is O=C(O)c1cccc2oc(NCCCO)nc12. The zero-order chi connectivity index (χ0) is 12.3. The fourth-order valence-corrected chi connectivity index (χ4v) is 1.47. The third-order valence-electron chi connectivity index (χ3n) is 2.26. The number of rotatable bonds is 5. The van der Waals surface area contributed by atoms with Gasteiger partial charge >= 0.3 is 5.97 Å². The maximum atomic E-state index is 10.9. The van der Waals surface area contributed by atoms with Crippen molar-refractivity contribution in [3.63, 3.8) is 0 Å². The van der Waals surface area contributed by atoms with Crippen molar-refractivity contribution in [2.24, 2.45) is 0 Å². The molecule has 17 heavy (non-hydrogen) atoms. The number of hydrogen-bond donors (Lipinski definition) is 3. The van der Waals surface area contributed by atoms with Gasteiger partial charge in [0.1, 0.15) is 5.52 Å². The van der Waals surface area contributed by atoms with E-state index in [2.05, 4.69) is 10.3 Å². The van der Waals surface area contributed by atoms with Crippen LogP contribution >= 0.6 is 0 Å². The first-order valence-corrected chi connectivity index (χ1v) is 5.20. The number of aromatic carboxylic acids is 1. The lowest BCUT2D eigenvalue weighted by molar-refractivity contribution is 0.0699. The Morgan fingerprint density at radius 2 is 2.29 bits per heavy atom. The highest BCUT2D eigenvalue weighted by molar-refractivity contribution is 6.00. The third-order valence-corrected chi connectivity index (χ3v) is 2.26. The molecule has 6 heteroatoms. The van der Waals surface area contributed by atoms with Crippen LogP contribution in [0.1, 0.15) is 16.8 Å². The van der Waals surface area contributed by atoms with Crippen LogP contribution in [0.3, 0.4) is 0 Å². The van der Waals surface area contributed by atoms with Crippen molar-refractivity contribution >= 4 is 23.1 Å². The van der Waals surface area contributed by atoms with Gasteiger partial charge in [0, 0.05) is 13.2 Å². The summed E-state index contributed by atoms with van der Waals surface area (Å²) in [5.74, 6) is -1.04. The summed E-state index contributed by atoms with van der Waals surface area (Å²) in [5, 5.41) is 20.5. The molecule has 0 aliphatic carbocycles. The molecule has 2 rings (SSSR count). The van der Waals surface area contributed by atoms with E-state index in [1.807, 2.05) is 0 Å². The Morgan fingerprint density at radius 1 is 1.47 bits per heavy atom. The van der Waals surface area contributed by atoms with Crippen LogP contribution in [-0.2, 0) is 0 Å². The molecule has 1 heterocycles. The molecule has 0 aliphatic heterocycles. The molecule has 6 nitrogen and oxygen atoms in total. The first kappa shape index (κ1) is 11.4. The minimum absolute atomic E-state index is 0.0770. The van der Waals surface area contributed by atoms with E-state index >= 15 is 0 Å². The molecule has 0 spiro atoms. The van der Waals surface area contributed by atoms with E-state index < -0.39 is 5.97 Å². The predicted molar refractivity (Wildman–Crippen MR) is 61.2 cm³/mol. The van der Waals surface area contributed by atoms with Gasteiger partial charge in [-0.05, 0) is 18.6 Å². The number of carboxylic acids is 1. The van der Waals surface area contributed by atoms with Gasteiger partial charge in [-0.1, -0.05) is 6.07 Å². The number of fused-ring (bicyclic) bond motifs is 1. The highest BCUT2D eigenvalue weighted by Crippen LogP contribution is 2.22. The molecule has 0 fully saturated rings. The minimum atomic E-state index is -1.04. The molecule has 0 aliphatic rings. The molecule has 0 bridgehead atoms. The number of carboxylic acid groups (broad SMARTS) is 1. The standard InChI is InChI=1S/C11H12N2O4/c14-6-2-5-12-11-13-9-7(10(15)16)3-1-4-8(9)17-11/h1,3-4,14H,2,5-6H2,(H,12,13)(H,15,16). The number of anilines is 1. The summed E-state index contributed by atoms with van der Waals surface area (Å²) in [6.45, 7) is 0.597. The highest BCUT2D eigenvalue weighted by atomic mass is 16.4. The summed E-state index contributed by atoms with van der Waals surface area (Å²) >= 11 is 0. The summed E-state index contributed by atoms with van der Waals surface area (Å²) in [7, 11) is 0. The predicted octanol–water partition coefficient (Wildman–Crippen LogP) is 1.32. The molecule has 0 atom stereocenters. The fraction of sp³-hybridized carbons (Fsp3) is 0.273. The maximum absolute atomic E-state index is 10.9. The second-order valence-electron chi connectivity index (χ2n) is 3.48. The van der Waals surface area contributed by atoms with Crippen molar-refractivity contribution in [3.8, 4) is 0 Å². The largest absolute Gasteiger partial charge is 0.478 e. The normalized spacial score (nSPS) is 10.6. The molecular formula is C11H12N2O4. The quantitative estimate of drug-likeness (QED) is 0.677. The number of hydrogen-bond acceptors (Lipinski definition) is 5. The molecule has 3 N–H and O–H groups in total. The Balaban J connectivity index is 2.30. The lowest BCUT2D eigenvalue weighted by atomic mass is 10.2. The molecule has 90 valence electrons. The fourth-order valence-electron chi connectivity index (χ4n) is 1.47. The summed E-state index contributed by atoms with van der Waals surface area (Å²) in [4.78, 5) is 15.0. The van der Waals surface area contributed by atoms with Gasteiger partial charge in [-0.3, -0.25) is 0 Å². The van der Waals surface area contributed by atoms with Crippen molar-refractivity contribution in [1.82, 2.24) is 4.98 Å². The smallest absolute Gasteiger partial charge is 0.338 e. The summed E-state index contributed by atoms with van der Waals surface area (Å²) in [6.07, 6.45) is 0.574. The summed E-state index contributed by atoms with van der Waals surface area (Å²) < 4.78 is 5.34. The van der Waals surface area contributed by atoms with Gasteiger partial charge in [0.2, 0.25) is 0 Å². The minimum Gasteiger partial charge on any atom is -0.478 e. The molecule has 0 saturated carbocycles. The number of carbonyl (C=O) groups is 1. The Morgan fingerprint density at radius 3 is 3.00 bits per heavy atom. The number of oxazole rings is 1. The van der Waals surface area contributed by atoms with Crippen LogP contribution in [0.2, 0.25) is 0 Å². The van der Waals surface area contributed by atoms with Gasteiger partial charge in [-0.25, -0.2) is 4.79 Å². The van der Waals surface area contributed by atoms with Gasteiger partial charge in [-0.15, -0.1) is 0 Å². The van der Waals surface area contributed by atoms with Crippen LogP contribution in [0.15, 0.2) is 22.6 Å². The third kappa shape index (κ3) is 2.36. The lowest BCUT2D eigenvalue weighted by Crippen LogP contribution is -2.03. The number of nitrogens with zero attached hydrogens (tertiary/aromatic N) is 1. The molecule has 0 radical (unpaired) electrons. The van der Waals surface area contributed by atoms with E-state index in [0.29, 0.717) is 24.1 Å². The zero-order valence-corrected chi connectivity index (χ0v) is 9.01. The van der Waals surface area contributed by atoms with E-state index in [1.54, 1.807) is 12.1 Å². The topological polar surface area (TPSA) is 95.6 Å². The Bertz CT molecular complexity index is 535. The Labute approximate surface area is 96.9 Å². The monoisotopic (exact) mass is 236 g/mol. The molecule has 0 amide bonds. The highest BCUT2D eigenvalue weighted by Gasteiger charge is 2.13. The maximum Gasteiger partial charge on any atom is 0.338 e. The molecule has 2 aromatic rings. The van der Waals surface area contributed by atoms with Crippen LogP contribution in [0.5, 0.6) is 0 Å². The Hall–Kier alpha value is -2.08. The number of benzene rings is 1. The number of aromatic nitrogens is 1. The van der Waals surface area contributed by atoms with Crippen molar-refractivity contribution in [2.45, 2.75) is 6.42 Å². The average Bonchev–Trinajstić information content (AvgIpc) is 2.71. The second kappa shape index (κ2) is 4.84. The van der Waals surface area contributed by atoms with Crippen molar-refractivity contribution in [1.29, 1.82) is 0 Å². The van der Waals surface area contributed by atoms with E-state index in [1.165, 1.54) is 6.07 Å². The van der Waals surface area contributed by atoms with E-state index in [-0.39, 0.29) is 18.2 Å². The molecule has 0 unspecified atom stereocenters. The van der Waals surface area contributed by atoms with Crippen LogP contribution in [-0.4, -0.2) is 34.3 Å². The first-order valence-electron chi connectivity index (χ1n) is 5.20. The van der Waals surface area contributed by atoms with Crippen molar-refractivity contribution in [3.05, 3.63) is 23.8 Å². The molecule has 0 saturated heterocycles. The molecule has 1 aromatic heterocycles. The van der Waals surface area contributed by atoms with Crippen LogP contribution in [0.4, 0.5) is 6.01 Å². The molecular weight excluding hydrogens is 224 g/mol. The number of aliphatic hydroxyl groups is 1.